The highest BCUT2D eigenvalue weighted by Gasteiger charge is 2.28. The van der Waals surface area contributed by atoms with E-state index < -0.39 is 0 Å². The van der Waals surface area contributed by atoms with Crippen LogP contribution in [0.3, 0.4) is 0 Å². The molecule has 8 heteroatoms. The normalized spacial score (nSPS) is 22.7. The zero-order valence-corrected chi connectivity index (χ0v) is 17.9. The molecule has 7 nitrogen and oxygen atoms in total. The van der Waals surface area contributed by atoms with E-state index in [9.17, 15) is 4.79 Å². The van der Waals surface area contributed by atoms with Gasteiger partial charge in [-0.1, -0.05) is 0 Å². The number of carbonyl (C=O) groups excluding carboxylic acids is 1. The first-order chi connectivity index (χ1) is 13.6. The third kappa shape index (κ3) is 4.97. The average Bonchev–Trinajstić information content (AvgIpc) is 3.15. The number of morpholine rings is 1. The molecule has 2 aromatic rings. The fraction of sp³-hybridized carbons (Fsp3) is 0.571. The van der Waals surface area contributed by atoms with E-state index in [1.165, 1.54) is 31.4 Å². The average molecular weight is 420 g/mol. The second-order valence-corrected chi connectivity index (χ2v) is 7.94. The van der Waals surface area contributed by atoms with Crippen molar-refractivity contribution in [3.8, 4) is 0 Å². The SMILES string of the molecule is Cc1cc(NC(=O)c2cn[nH]c2C)cnc1C1CCC(N2CCOCC2)CC1.Cl. The topological polar surface area (TPSA) is 83.1 Å². The Bertz CT molecular complexity index is 826. The van der Waals surface area contributed by atoms with Crippen molar-refractivity contribution < 1.29 is 9.53 Å². The number of ether oxygens (including phenoxy) is 1. The van der Waals surface area contributed by atoms with Gasteiger partial charge in [0.25, 0.3) is 5.91 Å². The van der Waals surface area contributed by atoms with E-state index >= 15 is 0 Å². The second kappa shape index (κ2) is 9.69. The molecule has 2 aromatic heterocycles. The number of H-pyrrole nitrogens is 1. The maximum absolute atomic E-state index is 12.4. The molecule has 0 aromatic carbocycles. The van der Waals surface area contributed by atoms with Gasteiger partial charge in [0.1, 0.15) is 0 Å². The van der Waals surface area contributed by atoms with Crippen LogP contribution in [0.4, 0.5) is 5.69 Å². The number of pyridine rings is 1. The molecule has 0 spiro atoms. The molecule has 158 valence electrons. The molecule has 2 aliphatic rings. The highest BCUT2D eigenvalue weighted by Crippen LogP contribution is 2.36. The summed E-state index contributed by atoms with van der Waals surface area (Å²) < 4.78 is 5.48. The number of aromatic amines is 1. The smallest absolute Gasteiger partial charge is 0.259 e. The molecule has 1 aliphatic heterocycles. The maximum Gasteiger partial charge on any atom is 0.259 e. The third-order valence-corrected chi connectivity index (χ3v) is 6.10. The minimum atomic E-state index is -0.161. The molecule has 2 N–H and O–H groups in total. The van der Waals surface area contributed by atoms with Crippen LogP contribution in [-0.4, -0.2) is 58.3 Å². The summed E-state index contributed by atoms with van der Waals surface area (Å²) in [6.07, 6.45) is 8.13. The number of anilines is 1. The van der Waals surface area contributed by atoms with E-state index in [2.05, 4.69) is 27.3 Å². The van der Waals surface area contributed by atoms with E-state index in [0.717, 1.165) is 43.2 Å². The van der Waals surface area contributed by atoms with Crippen molar-refractivity contribution in [2.24, 2.45) is 0 Å². The van der Waals surface area contributed by atoms with E-state index in [4.69, 9.17) is 9.72 Å². The predicted molar refractivity (Wildman–Crippen MR) is 115 cm³/mol. The Balaban J connectivity index is 0.00000240. The van der Waals surface area contributed by atoms with Gasteiger partial charge in [-0.05, 0) is 51.2 Å². The zero-order valence-electron chi connectivity index (χ0n) is 17.1. The van der Waals surface area contributed by atoms with Crippen LogP contribution in [0.1, 0.15) is 58.9 Å². The highest BCUT2D eigenvalue weighted by atomic mass is 35.5. The number of nitrogens with one attached hydrogen (secondary N) is 2. The molecule has 1 saturated carbocycles. The molecule has 3 heterocycles. The summed E-state index contributed by atoms with van der Waals surface area (Å²) in [5, 5.41) is 9.62. The summed E-state index contributed by atoms with van der Waals surface area (Å²) in [5.74, 6) is 0.351. The summed E-state index contributed by atoms with van der Waals surface area (Å²) in [6.45, 7) is 7.80. The van der Waals surface area contributed by atoms with Crippen molar-refractivity contribution in [2.45, 2.75) is 51.5 Å². The lowest BCUT2D eigenvalue weighted by atomic mass is 9.82. The van der Waals surface area contributed by atoms with Gasteiger partial charge in [0.2, 0.25) is 0 Å². The number of aryl methyl sites for hydroxylation is 2. The molecule has 0 bridgehead atoms. The largest absolute Gasteiger partial charge is 0.379 e. The highest BCUT2D eigenvalue weighted by molar-refractivity contribution is 6.04. The lowest BCUT2D eigenvalue weighted by Gasteiger charge is -2.38. The van der Waals surface area contributed by atoms with Crippen LogP contribution >= 0.6 is 12.4 Å². The van der Waals surface area contributed by atoms with E-state index in [1.807, 2.05) is 13.0 Å². The van der Waals surface area contributed by atoms with E-state index in [0.29, 0.717) is 17.5 Å². The van der Waals surface area contributed by atoms with Crippen molar-refractivity contribution in [2.75, 3.05) is 31.6 Å². The second-order valence-electron chi connectivity index (χ2n) is 7.94. The van der Waals surface area contributed by atoms with E-state index in [1.54, 1.807) is 12.4 Å². The summed E-state index contributed by atoms with van der Waals surface area (Å²) in [4.78, 5) is 19.7. The van der Waals surface area contributed by atoms with E-state index in [-0.39, 0.29) is 18.3 Å². The molecule has 4 rings (SSSR count). The molecule has 0 unspecified atom stereocenters. The Labute approximate surface area is 178 Å². The van der Waals surface area contributed by atoms with Crippen molar-refractivity contribution in [1.29, 1.82) is 0 Å². The monoisotopic (exact) mass is 419 g/mol. The Morgan fingerprint density at radius 2 is 1.90 bits per heavy atom. The molecule has 1 aliphatic carbocycles. The molecule has 0 radical (unpaired) electrons. The number of rotatable bonds is 4. The standard InChI is InChI=1S/C21H29N5O2.ClH/c1-14-11-17(24-21(27)19-13-23-25-15(19)2)12-22-20(14)16-3-5-18(6-4-16)26-7-9-28-10-8-26;/h11-13,16,18H,3-10H2,1-2H3,(H,23,25)(H,24,27);1H. The summed E-state index contributed by atoms with van der Waals surface area (Å²) in [5.41, 5.74) is 4.38. The van der Waals surface area contributed by atoms with Gasteiger partial charge >= 0.3 is 0 Å². The quantitative estimate of drug-likeness (QED) is 0.792. The lowest BCUT2D eigenvalue weighted by Crippen LogP contribution is -2.44. The summed E-state index contributed by atoms with van der Waals surface area (Å²) in [7, 11) is 0. The summed E-state index contributed by atoms with van der Waals surface area (Å²) in [6, 6.07) is 2.72. The number of hydrogen-bond donors (Lipinski definition) is 2. The van der Waals surface area contributed by atoms with Crippen molar-refractivity contribution in [3.05, 3.63) is 41.0 Å². The van der Waals surface area contributed by atoms with Gasteiger partial charge in [0.15, 0.2) is 0 Å². The zero-order chi connectivity index (χ0) is 19.5. The number of nitrogens with zero attached hydrogens (tertiary/aromatic N) is 3. The minimum Gasteiger partial charge on any atom is -0.379 e. The molecule has 2 fully saturated rings. The fourth-order valence-corrected chi connectivity index (χ4v) is 4.52. The van der Waals surface area contributed by atoms with Crippen LogP contribution in [0.5, 0.6) is 0 Å². The lowest BCUT2D eigenvalue weighted by molar-refractivity contribution is 0.00720. The Morgan fingerprint density at radius 1 is 1.17 bits per heavy atom. The maximum atomic E-state index is 12.4. The third-order valence-electron chi connectivity index (χ3n) is 6.10. The van der Waals surface area contributed by atoms with Crippen molar-refractivity contribution >= 4 is 24.0 Å². The van der Waals surface area contributed by atoms with Gasteiger partial charge in [-0.25, -0.2) is 0 Å². The molecular formula is C21H30ClN5O2. The van der Waals surface area contributed by atoms with Gasteiger partial charge in [-0.2, -0.15) is 5.10 Å². The van der Waals surface area contributed by atoms with Gasteiger partial charge < -0.3 is 10.1 Å². The Kier molecular flexibility index (Phi) is 7.27. The first-order valence-corrected chi connectivity index (χ1v) is 10.2. The molecule has 29 heavy (non-hydrogen) atoms. The van der Waals surface area contributed by atoms with Gasteiger partial charge in [0.05, 0.1) is 36.9 Å². The van der Waals surface area contributed by atoms with Crippen molar-refractivity contribution in [3.63, 3.8) is 0 Å². The Hall–Kier alpha value is -1.96. The molecule has 1 saturated heterocycles. The molecule has 0 atom stereocenters. The number of aromatic nitrogens is 3. The molecular weight excluding hydrogens is 390 g/mol. The van der Waals surface area contributed by atoms with Gasteiger partial charge in [-0.3, -0.25) is 19.8 Å². The van der Waals surface area contributed by atoms with Crippen LogP contribution in [0.25, 0.3) is 0 Å². The van der Waals surface area contributed by atoms with Gasteiger partial charge in [0, 0.05) is 36.4 Å². The number of carbonyl (C=O) groups is 1. The molecule has 1 amide bonds. The first-order valence-electron chi connectivity index (χ1n) is 10.2. The summed E-state index contributed by atoms with van der Waals surface area (Å²) >= 11 is 0. The predicted octanol–water partition coefficient (Wildman–Crippen LogP) is 3.45. The van der Waals surface area contributed by atoms with Crippen LogP contribution in [-0.2, 0) is 4.74 Å². The number of hydrogen-bond acceptors (Lipinski definition) is 5. The van der Waals surface area contributed by atoms with Crippen LogP contribution in [0.2, 0.25) is 0 Å². The number of amides is 1. The fourth-order valence-electron chi connectivity index (χ4n) is 4.52. The minimum absolute atomic E-state index is 0. The Morgan fingerprint density at radius 3 is 2.52 bits per heavy atom. The van der Waals surface area contributed by atoms with Gasteiger partial charge in [-0.15, -0.1) is 12.4 Å². The van der Waals surface area contributed by atoms with Crippen LogP contribution in [0, 0.1) is 13.8 Å². The van der Waals surface area contributed by atoms with Crippen LogP contribution in [0.15, 0.2) is 18.5 Å². The number of halogens is 1. The van der Waals surface area contributed by atoms with Crippen LogP contribution < -0.4 is 5.32 Å². The van der Waals surface area contributed by atoms with Crippen molar-refractivity contribution in [1.82, 2.24) is 20.1 Å². The first kappa shape index (κ1) is 21.7.